The van der Waals surface area contributed by atoms with Crippen LogP contribution in [0.15, 0.2) is 12.1 Å². The van der Waals surface area contributed by atoms with E-state index in [1.807, 2.05) is 12.1 Å². The maximum absolute atomic E-state index is 11.7. The minimum absolute atomic E-state index is 0.144. The van der Waals surface area contributed by atoms with Gasteiger partial charge in [-0.1, -0.05) is 53.7 Å². The summed E-state index contributed by atoms with van der Waals surface area (Å²) in [4.78, 5) is 11.7. The molecule has 0 fully saturated rings. The summed E-state index contributed by atoms with van der Waals surface area (Å²) in [5.74, 6) is 0.645. The molecule has 0 unspecified atom stereocenters. The largest absolute Gasteiger partial charge is 0.412 e. The number of rotatable bonds is 2. The zero-order chi connectivity index (χ0) is 16.4. The Kier molecular flexibility index (Phi) is 5.05. The third-order valence-electron chi connectivity index (χ3n) is 3.40. The molecule has 0 aliphatic carbocycles. The Morgan fingerprint density at radius 2 is 1.52 bits per heavy atom. The molecule has 118 valence electrons. The first kappa shape index (κ1) is 17.5. The van der Waals surface area contributed by atoms with E-state index in [1.54, 1.807) is 7.05 Å². The van der Waals surface area contributed by atoms with Gasteiger partial charge in [0.05, 0.1) is 0 Å². The summed E-state index contributed by atoms with van der Waals surface area (Å²) in [6.07, 6.45) is -0.452. The van der Waals surface area contributed by atoms with Crippen molar-refractivity contribution in [2.75, 3.05) is 7.05 Å². The SMILES string of the molecule is CNC(=O)Oc1c(C(C)(C)C)cc(CN)cc1C(C)(C)C. The van der Waals surface area contributed by atoms with Gasteiger partial charge in [0.15, 0.2) is 0 Å². The van der Waals surface area contributed by atoms with Crippen LogP contribution in [0.4, 0.5) is 4.79 Å². The molecule has 21 heavy (non-hydrogen) atoms. The minimum Gasteiger partial charge on any atom is -0.410 e. The quantitative estimate of drug-likeness (QED) is 0.877. The van der Waals surface area contributed by atoms with Gasteiger partial charge < -0.3 is 15.8 Å². The molecule has 0 aromatic heterocycles. The van der Waals surface area contributed by atoms with Crippen LogP contribution in [0.25, 0.3) is 0 Å². The molecule has 0 bridgehead atoms. The van der Waals surface area contributed by atoms with Crippen molar-refractivity contribution in [2.24, 2.45) is 5.73 Å². The topological polar surface area (TPSA) is 64.3 Å². The Balaban J connectivity index is 3.63. The lowest BCUT2D eigenvalue weighted by Crippen LogP contribution is -2.27. The smallest absolute Gasteiger partial charge is 0.410 e. The van der Waals surface area contributed by atoms with Crippen molar-refractivity contribution in [1.82, 2.24) is 5.32 Å². The Hall–Kier alpha value is -1.55. The zero-order valence-corrected chi connectivity index (χ0v) is 14.3. The molecule has 0 aliphatic heterocycles. The summed E-state index contributed by atoms with van der Waals surface area (Å²) in [5, 5.41) is 2.51. The molecule has 1 amide bonds. The number of hydrogen-bond acceptors (Lipinski definition) is 3. The average Bonchev–Trinajstić information content (AvgIpc) is 2.35. The molecule has 4 heteroatoms. The van der Waals surface area contributed by atoms with E-state index in [1.165, 1.54) is 0 Å². The van der Waals surface area contributed by atoms with Gasteiger partial charge in [-0.15, -0.1) is 0 Å². The van der Waals surface area contributed by atoms with Gasteiger partial charge in [-0.2, -0.15) is 0 Å². The molecule has 1 rings (SSSR count). The van der Waals surface area contributed by atoms with Gasteiger partial charge >= 0.3 is 6.09 Å². The van der Waals surface area contributed by atoms with Crippen LogP contribution in [0.1, 0.15) is 58.2 Å². The highest BCUT2D eigenvalue weighted by Crippen LogP contribution is 2.40. The fourth-order valence-electron chi connectivity index (χ4n) is 2.17. The summed E-state index contributed by atoms with van der Waals surface area (Å²) < 4.78 is 5.59. The number of ether oxygens (including phenoxy) is 1. The third kappa shape index (κ3) is 4.21. The molecule has 3 N–H and O–H groups in total. The normalized spacial score (nSPS) is 12.2. The Labute approximate surface area is 128 Å². The maximum Gasteiger partial charge on any atom is 0.412 e. The highest BCUT2D eigenvalue weighted by molar-refractivity contribution is 5.72. The van der Waals surface area contributed by atoms with Gasteiger partial charge in [-0.25, -0.2) is 4.79 Å². The maximum atomic E-state index is 11.7. The van der Waals surface area contributed by atoms with Crippen molar-refractivity contribution in [3.05, 3.63) is 28.8 Å². The van der Waals surface area contributed by atoms with Crippen LogP contribution >= 0.6 is 0 Å². The van der Waals surface area contributed by atoms with E-state index in [4.69, 9.17) is 10.5 Å². The number of nitrogens with one attached hydrogen (secondary N) is 1. The van der Waals surface area contributed by atoms with Gasteiger partial charge in [-0.05, 0) is 16.4 Å². The Bertz CT molecular complexity index is 488. The van der Waals surface area contributed by atoms with Gasteiger partial charge in [0.1, 0.15) is 5.75 Å². The zero-order valence-electron chi connectivity index (χ0n) is 14.3. The standard InChI is InChI=1S/C17H28N2O2/c1-16(2,3)12-8-11(10-18)9-13(17(4,5)6)14(12)21-15(20)19-7/h8-9H,10,18H2,1-7H3,(H,19,20). The summed E-state index contributed by atoms with van der Waals surface area (Å²) in [7, 11) is 1.56. The molecule has 1 aromatic carbocycles. The molecule has 0 saturated carbocycles. The second-order valence-electron chi connectivity index (χ2n) is 7.36. The highest BCUT2D eigenvalue weighted by Gasteiger charge is 2.28. The molecule has 0 radical (unpaired) electrons. The molecule has 4 nitrogen and oxygen atoms in total. The molecule has 0 aliphatic rings. The second-order valence-corrected chi connectivity index (χ2v) is 7.36. The van der Waals surface area contributed by atoms with Crippen molar-refractivity contribution in [3.63, 3.8) is 0 Å². The first-order chi connectivity index (χ1) is 9.50. The Morgan fingerprint density at radius 3 is 1.81 bits per heavy atom. The first-order valence-corrected chi connectivity index (χ1v) is 7.28. The van der Waals surface area contributed by atoms with Crippen molar-refractivity contribution in [3.8, 4) is 5.75 Å². The molecule has 0 spiro atoms. The lowest BCUT2D eigenvalue weighted by atomic mass is 9.78. The van der Waals surface area contributed by atoms with Gasteiger partial charge in [0.25, 0.3) is 0 Å². The molecular formula is C17H28N2O2. The van der Waals surface area contributed by atoms with Crippen LogP contribution in [0.2, 0.25) is 0 Å². The van der Waals surface area contributed by atoms with Gasteiger partial charge in [0.2, 0.25) is 0 Å². The Morgan fingerprint density at radius 1 is 1.10 bits per heavy atom. The van der Waals surface area contributed by atoms with Crippen molar-refractivity contribution in [2.45, 2.75) is 58.9 Å². The number of benzene rings is 1. The monoisotopic (exact) mass is 292 g/mol. The second kappa shape index (κ2) is 6.06. The van der Waals surface area contributed by atoms with Crippen LogP contribution in [-0.2, 0) is 17.4 Å². The predicted molar refractivity (Wildman–Crippen MR) is 86.8 cm³/mol. The van der Waals surface area contributed by atoms with Gasteiger partial charge in [0, 0.05) is 24.7 Å². The van der Waals surface area contributed by atoms with Crippen molar-refractivity contribution < 1.29 is 9.53 Å². The van der Waals surface area contributed by atoms with E-state index in [9.17, 15) is 4.79 Å². The highest BCUT2D eigenvalue weighted by atomic mass is 16.6. The van der Waals surface area contributed by atoms with E-state index < -0.39 is 6.09 Å². The number of amides is 1. The number of carbonyl (C=O) groups is 1. The van der Waals surface area contributed by atoms with Gasteiger partial charge in [-0.3, -0.25) is 0 Å². The summed E-state index contributed by atoms with van der Waals surface area (Å²) in [6.45, 7) is 13.1. The molecule has 0 atom stereocenters. The lowest BCUT2D eigenvalue weighted by molar-refractivity contribution is 0.201. The molecular weight excluding hydrogens is 264 g/mol. The summed E-state index contributed by atoms with van der Waals surface area (Å²) >= 11 is 0. The van der Waals surface area contributed by atoms with E-state index >= 15 is 0 Å². The minimum atomic E-state index is -0.452. The molecule has 1 aromatic rings. The van der Waals surface area contributed by atoms with Crippen molar-refractivity contribution >= 4 is 6.09 Å². The van der Waals surface area contributed by atoms with Crippen LogP contribution < -0.4 is 15.8 Å². The fourth-order valence-corrected chi connectivity index (χ4v) is 2.17. The van der Waals surface area contributed by atoms with Crippen LogP contribution in [0, 0.1) is 0 Å². The lowest BCUT2D eigenvalue weighted by Gasteiger charge is -2.30. The van der Waals surface area contributed by atoms with Crippen LogP contribution in [0.5, 0.6) is 5.75 Å². The molecule has 0 heterocycles. The van der Waals surface area contributed by atoms with Crippen molar-refractivity contribution in [1.29, 1.82) is 0 Å². The number of nitrogens with two attached hydrogens (primary N) is 1. The van der Waals surface area contributed by atoms with Crippen LogP contribution in [0.3, 0.4) is 0 Å². The average molecular weight is 292 g/mol. The van der Waals surface area contributed by atoms with Crippen LogP contribution in [-0.4, -0.2) is 13.1 Å². The predicted octanol–water partition coefficient (Wildman–Crippen LogP) is 3.46. The summed E-state index contributed by atoms with van der Waals surface area (Å²) in [5.41, 5.74) is 8.59. The van der Waals surface area contributed by atoms with E-state index in [0.29, 0.717) is 12.3 Å². The van der Waals surface area contributed by atoms with E-state index in [0.717, 1.165) is 16.7 Å². The van der Waals surface area contributed by atoms with E-state index in [-0.39, 0.29) is 10.8 Å². The first-order valence-electron chi connectivity index (χ1n) is 7.28. The number of carbonyl (C=O) groups excluding carboxylic acids is 1. The van der Waals surface area contributed by atoms with E-state index in [2.05, 4.69) is 46.9 Å². The fraction of sp³-hybridized carbons (Fsp3) is 0.588. The number of hydrogen-bond donors (Lipinski definition) is 2. The summed E-state index contributed by atoms with van der Waals surface area (Å²) in [6, 6.07) is 4.07. The molecule has 0 saturated heterocycles. The third-order valence-corrected chi connectivity index (χ3v) is 3.40.